The minimum Gasteiger partial charge on any atom is -0.503 e. The van der Waals surface area contributed by atoms with Crippen molar-refractivity contribution < 1.29 is 15.3 Å². The fourth-order valence-electron chi connectivity index (χ4n) is 2.51. The predicted octanol–water partition coefficient (Wildman–Crippen LogP) is 0.615. The highest BCUT2D eigenvalue weighted by Crippen LogP contribution is 2.25. The van der Waals surface area contributed by atoms with Gasteiger partial charge in [0.2, 0.25) is 5.43 Å². The Hall–Kier alpha value is -1.37. The number of hydrogen-bond acceptors (Lipinski definition) is 5. The molecule has 1 heterocycles. The van der Waals surface area contributed by atoms with Gasteiger partial charge in [-0.05, 0) is 27.3 Å². The molecular formula is C15H26N2O4. The Morgan fingerprint density at radius 2 is 1.90 bits per heavy atom. The Morgan fingerprint density at radius 3 is 2.33 bits per heavy atom. The third-order valence-electron chi connectivity index (χ3n) is 3.43. The van der Waals surface area contributed by atoms with Crippen LogP contribution in [0, 0.1) is 0 Å². The maximum Gasteiger partial charge on any atom is 0.223 e. The van der Waals surface area contributed by atoms with Gasteiger partial charge in [-0.15, -0.1) is 0 Å². The van der Waals surface area contributed by atoms with E-state index in [0.29, 0.717) is 31.0 Å². The summed E-state index contributed by atoms with van der Waals surface area (Å²) in [5.41, 5.74) is 0.0568. The fraction of sp³-hybridized carbons (Fsp3) is 0.667. The van der Waals surface area contributed by atoms with Crippen LogP contribution in [0.4, 0.5) is 0 Å². The normalized spacial score (nSPS) is 12.1. The number of aromatic hydroxyl groups is 1. The molecule has 0 aliphatic heterocycles. The third-order valence-corrected chi connectivity index (χ3v) is 3.43. The van der Waals surface area contributed by atoms with Crippen LogP contribution in [0.3, 0.4) is 0 Å². The minimum atomic E-state index is -0.491. The topological polar surface area (TPSA) is 85.9 Å². The second kappa shape index (κ2) is 7.06. The van der Waals surface area contributed by atoms with E-state index >= 15 is 0 Å². The Morgan fingerprint density at radius 1 is 1.29 bits per heavy atom. The molecular weight excluding hydrogens is 272 g/mol. The number of likely N-dealkylation sites (N-methyl/N-ethyl adjacent to an activating group) is 1. The number of rotatable bonds is 6. The van der Waals surface area contributed by atoms with E-state index in [1.54, 1.807) is 4.57 Å². The van der Waals surface area contributed by atoms with Crippen molar-refractivity contribution in [2.45, 2.75) is 46.4 Å². The van der Waals surface area contributed by atoms with Crippen molar-refractivity contribution in [1.82, 2.24) is 9.47 Å². The summed E-state index contributed by atoms with van der Waals surface area (Å²) >= 11 is 0. The van der Waals surface area contributed by atoms with E-state index in [0.717, 1.165) is 0 Å². The van der Waals surface area contributed by atoms with Gasteiger partial charge in [0, 0.05) is 30.4 Å². The van der Waals surface area contributed by atoms with Crippen molar-refractivity contribution in [3.8, 4) is 5.75 Å². The van der Waals surface area contributed by atoms with Crippen LogP contribution < -0.4 is 5.43 Å². The lowest BCUT2D eigenvalue weighted by Gasteiger charge is -2.32. The lowest BCUT2D eigenvalue weighted by Crippen LogP contribution is -2.35. The molecule has 1 aromatic heterocycles. The highest BCUT2D eigenvalue weighted by Gasteiger charge is 2.24. The highest BCUT2D eigenvalue weighted by atomic mass is 16.3. The van der Waals surface area contributed by atoms with Gasteiger partial charge >= 0.3 is 0 Å². The predicted molar refractivity (Wildman–Crippen MR) is 81.3 cm³/mol. The molecule has 0 fully saturated rings. The first kappa shape index (κ1) is 17.7. The van der Waals surface area contributed by atoms with Crippen LogP contribution in [0.15, 0.2) is 10.9 Å². The Kier molecular flexibility index (Phi) is 5.95. The first-order valence-corrected chi connectivity index (χ1v) is 7.17. The van der Waals surface area contributed by atoms with E-state index in [9.17, 15) is 15.0 Å². The van der Waals surface area contributed by atoms with E-state index in [-0.39, 0.29) is 19.0 Å². The molecule has 1 rings (SSSR count). The summed E-state index contributed by atoms with van der Waals surface area (Å²) in [6.45, 7) is 9.00. The molecule has 1 aromatic rings. The van der Waals surface area contributed by atoms with Crippen LogP contribution >= 0.6 is 0 Å². The maximum atomic E-state index is 11.9. The highest BCUT2D eigenvalue weighted by molar-refractivity contribution is 5.31. The summed E-state index contributed by atoms with van der Waals surface area (Å²) in [6, 6.07) is 1.27. The molecule has 3 N–H and O–H groups in total. The Bertz CT molecular complexity index is 532. The van der Waals surface area contributed by atoms with Gasteiger partial charge in [0.1, 0.15) is 0 Å². The van der Waals surface area contributed by atoms with Crippen LogP contribution in [0.5, 0.6) is 5.75 Å². The van der Waals surface area contributed by atoms with Crippen LogP contribution in [0.2, 0.25) is 0 Å². The summed E-state index contributed by atoms with van der Waals surface area (Å²) in [5.74, 6) is -0.293. The van der Waals surface area contributed by atoms with Crippen molar-refractivity contribution in [2.75, 3.05) is 19.7 Å². The van der Waals surface area contributed by atoms with Crippen molar-refractivity contribution in [3.63, 3.8) is 0 Å². The summed E-state index contributed by atoms with van der Waals surface area (Å²) < 4.78 is 1.80. The SMILES string of the molecule is CCN(CCO)Cc1c(O)c(=O)cc(CO)n1C(C)(C)C. The summed E-state index contributed by atoms with van der Waals surface area (Å²) in [6.07, 6.45) is 0. The van der Waals surface area contributed by atoms with Crippen LogP contribution in [-0.2, 0) is 18.7 Å². The van der Waals surface area contributed by atoms with Gasteiger partial charge in [0.25, 0.3) is 0 Å². The zero-order valence-electron chi connectivity index (χ0n) is 13.3. The van der Waals surface area contributed by atoms with Crippen molar-refractivity contribution in [2.24, 2.45) is 0 Å². The second-order valence-corrected chi connectivity index (χ2v) is 6.05. The van der Waals surface area contributed by atoms with E-state index in [1.807, 2.05) is 32.6 Å². The van der Waals surface area contributed by atoms with E-state index in [1.165, 1.54) is 6.07 Å². The van der Waals surface area contributed by atoms with Gasteiger partial charge < -0.3 is 19.9 Å². The lowest BCUT2D eigenvalue weighted by molar-refractivity contribution is 0.185. The molecule has 6 nitrogen and oxygen atoms in total. The Labute approximate surface area is 125 Å². The second-order valence-electron chi connectivity index (χ2n) is 6.05. The molecule has 0 amide bonds. The first-order chi connectivity index (χ1) is 9.76. The van der Waals surface area contributed by atoms with Gasteiger partial charge in [-0.3, -0.25) is 9.69 Å². The fourth-order valence-corrected chi connectivity index (χ4v) is 2.51. The zero-order valence-corrected chi connectivity index (χ0v) is 13.3. The van der Waals surface area contributed by atoms with Gasteiger partial charge in [0.15, 0.2) is 5.75 Å². The van der Waals surface area contributed by atoms with Crippen LogP contribution in [-0.4, -0.2) is 44.5 Å². The summed E-state index contributed by atoms with van der Waals surface area (Å²) in [7, 11) is 0. The average molecular weight is 298 g/mol. The van der Waals surface area contributed by atoms with Gasteiger partial charge in [0.05, 0.1) is 18.9 Å². The van der Waals surface area contributed by atoms with Crippen LogP contribution in [0.1, 0.15) is 39.1 Å². The number of aliphatic hydroxyl groups is 2. The zero-order chi connectivity index (χ0) is 16.2. The molecule has 0 aromatic carbocycles. The van der Waals surface area contributed by atoms with Crippen molar-refractivity contribution >= 4 is 0 Å². The lowest BCUT2D eigenvalue weighted by atomic mass is 10.0. The number of pyridine rings is 1. The molecule has 0 saturated heterocycles. The number of aromatic nitrogens is 1. The summed E-state index contributed by atoms with van der Waals surface area (Å²) in [5, 5.41) is 28.8. The number of nitrogens with zero attached hydrogens (tertiary/aromatic N) is 2. The van der Waals surface area contributed by atoms with Gasteiger partial charge in [-0.1, -0.05) is 6.92 Å². The van der Waals surface area contributed by atoms with Crippen molar-refractivity contribution in [1.29, 1.82) is 0 Å². The number of hydrogen-bond donors (Lipinski definition) is 3. The summed E-state index contributed by atoms with van der Waals surface area (Å²) in [4.78, 5) is 13.8. The van der Waals surface area contributed by atoms with Crippen molar-refractivity contribution in [3.05, 3.63) is 27.7 Å². The average Bonchev–Trinajstić information content (AvgIpc) is 2.41. The number of aliphatic hydroxyl groups excluding tert-OH is 2. The molecule has 0 radical (unpaired) electrons. The molecule has 0 bridgehead atoms. The van der Waals surface area contributed by atoms with E-state index in [4.69, 9.17) is 5.11 Å². The molecule has 0 aliphatic carbocycles. The molecule has 0 unspecified atom stereocenters. The van der Waals surface area contributed by atoms with E-state index < -0.39 is 11.0 Å². The first-order valence-electron chi connectivity index (χ1n) is 7.17. The minimum absolute atomic E-state index is 0.00798. The monoisotopic (exact) mass is 298 g/mol. The Balaban J connectivity index is 3.46. The largest absolute Gasteiger partial charge is 0.503 e. The maximum absolute atomic E-state index is 11.9. The standard InChI is InChI=1S/C15H26N2O4/c1-5-16(6-7-18)9-12-14(21)13(20)8-11(10-19)17(12)15(2,3)4/h8,18-19,21H,5-7,9-10H2,1-4H3. The molecule has 0 saturated carbocycles. The molecule has 0 spiro atoms. The third kappa shape index (κ3) is 4.06. The van der Waals surface area contributed by atoms with Gasteiger partial charge in [-0.25, -0.2) is 0 Å². The quantitative estimate of drug-likeness (QED) is 0.716. The molecule has 0 atom stereocenters. The molecule has 6 heteroatoms. The smallest absolute Gasteiger partial charge is 0.223 e. The van der Waals surface area contributed by atoms with Crippen LogP contribution in [0.25, 0.3) is 0 Å². The molecule has 120 valence electrons. The molecule has 21 heavy (non-hydrogen) atoms. The van der Waals surface area contributed by atoms with E-state index in [2.05, 4.69) is 0 Å². The van der Waals surface area contributed by atoms with Gasteiger partial charge in [-0.2, -0.15) is 0 Å². The molecule has 0 aliphatic rings.